The molecule has 6 aliphatic carbocycles. The van der Waals surface area contributed by atoms with Crippen molar-refractivity contribution in [3.05, 3.63) is 179 Å². The zero-order valence-electron chi connectivity index (χ0n) is 54.9. The molecular weight excluding hydrogens is 1150 g/mol. The van der Waals surface area contributed by atoms with Crippen LogP contribution in [0.15, 0.2) is 146 Å². The van der Waals surface area contributed by atoms with E-state index in [1.165, 1.54) is 237 Å². The molecule has 0 unspecified atom stereocenters. The van der Waals surface area contributed by atoms with Crippen molar-refractivity contribution in [1.82, 2.24) is 8.97 Å². The molecule has 2 spiro atoms. The first-order valence-electron chi connectivity index (χ1n) is 37.6. The van der Waals surface area contributed by atoms with Crippen LogP contribution >= 0.6 is 0 Å². The van der Waals surface area contributed by atoms with Gasteiger partial charge in [-0.2, -0.15) is 0 Å². The first-order valence-corrected chi connectivity index (χ1v) is 37.6. The normalized spacial score (nSPS) is 25.2. The van der Waals surface area contributed by atoms with Gasteiger partial charge in [0.05, 0.1) is 33.8 Å². The van der Waals surface area contributed by atoms with E-state index in [1.807, 2.05) is 0 Å². The second kappa shape index (κ2) is 22.3. The van der Waals surface area contributed by atoms with Crippen molar-refractivity contribution in [2.75, 3.05) is 9.62 Å². The third-order valence-electron chi connectivity index (χ3n) is 25.3. The van der Waals surface area contributed by atoms with Crippen LogP contribution < -0.4 is 47.9 Å². The van der Waals surface area contributed by atoms with Gasteiger partial charge in [-0.05, 0) is 154 Å². The molecule has 10 aromatic carbocycles. The molecule has 0 bridgehead atoms. The summed E-state index contributed by atoms with van der Waals surface area (Å²) in [6.45, 7) is -4.62. The Kier molecular flexibility index (Phi) is 13.4. The fourth-order valence-electron chi connectivity index (χ4n) is 21.2. The maximum Gasteiger partial charge on any atom is 0.771 e. The molecule has 10 aromatic rings. The van der Waals surface area contributed by atoms with E-state index < -0.39 is 13.6 Å². The molecule has 0 aromatic heterocycles. The van der Waals surface area contributed by atoms with Crippen molar-refractivity contribution >= 4 is 102 Å². The lowest BCUT2D eigenvalue weighted by atomic mass is 9.69. The highest BCUT2D eigenvalue weighted by Crippen LogP contribution is 2.57. The predicted molar refractivity (Wildman–Crippen MR) is 391 cm³/mol. The SMILES string of the molecule is C1=C[C@H]([C@H]2C=Cc3ccc4c5c(ccc2c35)N(C2CCCCCCC2)[B@-]2(O4)Oc3ccc4cccc5ccc(c3c45)=[N+]2C2CCCCCCC2)c2ccc3c4c(ccc1c24)O[B@-]1(Oc2ccc4cccc5ccc(c2c45)=[N+]1C1CCCCCCC1)N3C1CCCCCCC1. The van der Waals surface area contributed by atoms with E-state index in [0.717, 1.165) is 74.4 Å². The highest BCUT2D eigenvalue weighted by atomic mass is 16.6. The zero-order chi connectivity index (χ0) is 61.6. The van der Waals surface area contributed by atoms with Gasteiger partial charge in [-0.25, -0.2) is 0 Å². The van der Waals surface area contributed by atoms with Crippen molar-refractivity contribution < 1.29 is 18.6 Å². The molecule has 4 saturated carbocycles. The molecule has 10 heteroatoms. The van der Waals surface area contributed by atoms with Crippen LogP contribution in [-0.4, -0.2) is 37.8 Å². The summed E-state index contributed by atoms with van der Waals surface area (Å²) in [4.78, 5) is 5.60. The summed E-state index contributed by atoms with van der Waals surface area (Å²) in [7, 11) is 0. The Morgan fingerprint density at radius 2 is 0.628 bits per heavy atom. The predicted octanol–water partition coefficient (Wildman–Crippen LogP) is 19.9. The third-order valence-corrected chi connectivity index (χ3v) is 25.3. The Hall–Kier alpha value is -7.97. The summed E-state index contributed by atoms with van der Waals surface area (Å²) in [6.07, 6.45) is 44.2. The number of allylic oxidation sites excluding steroid dienone is 2. The molecule has 4 heterocycles. The van der Waals surface area contributed by atoms with Crippen LogP contribution in [0.5, 0.6) is 23.0 Å². The van der Waals surface area contributed by atoms with Gasteiger partial charge in [0.2, 0.25) is 0 Å². The van der Waals surface area contributed by atoms with E-state index >= 15 is 0 Å². The minimum Gasteiger partial charge on any atom is -0.601 e. The van der Waals surface area contributed by atoms with Gasteiger partial charge in [0, 0.05) is 94.7 Å². The molecule has 0 amide bonds. The van der Waals surface area contributed by atoms with Crippen LogP contribution in [0, 0.1) is 0 Å². The summed E-state index contributed by atoms with van der Waals surface area (Å²) in [5, 5.41) is 17.9. The molecule has 10 aliphatic rings. The highest BCUT2D eigenvalue weighted by molar-refractivity contribution is 6.73. The fraction of sp³-hybridized carbons (Fsp3) is 0.405. The van der Waals surface area contributed by atoms with Crippen LogP contribution in [0.25, 0.3) is 76.8 Å². The van der Waals surface area contributed by atoms with E-state index in [-0.39, 0.29) is 36.0 Å². The van der Waals surface area contributed by atoms with Crippen molar-refractivity contribution in [2.45, 2.75) is 216 Å². The zero-order valence-corrected chi connectivity index (χ0v) is 54.9. The first-order chi connectivity index (χ1) is 46.6. The Balaban J connectivity index is 0.755. The van der Waals surface area contributed by atoms with E-state index in [1.54, 1.807) is 0 Å². The van der Waals surface area contributed by atoms with Crippen LogP contribution in [0.1, 0.15) is 214 Å². The molecule has 0 radical (unpaired) electrons. The molecule has 8 nitrogen and oxygen atoms in total. The summed E-state index contributed by atoms with van der Waals surface area (Å²) >= 11 is 0. The molecule has 0 N–H and O–H groups in total. The number of hydrogen-bond acceptors (Lipinski definition) is 6. The molecule has 4 fully saturated rings. The van der Waals surface area contributed by atoms with Gasteiger partial charge < -0.3 is 37.2 Å². The number of hydrogen-bond donors (Lipinski definition) is 0. The lowest BCUT2D eigenvalue weighted by Crippen LogP contribution is -2.80. The standard InChI is InChI=1S/C84H88B2N4O4/c1-5-13-27-61(28-14-6-1)87-69-47-37-55-23-21-25-57-39-51-73(81(69)77(55)57)91-85(87)89(63-31-17-9-3-10-18-32-63)71-49-45-67-65(43-35-59-41-53-75(93-85)83(71)79(59)67)66-44-36-60-42-54-76-84-72(50-46-68(66)80(60)84)90(64-33-19-11-4-12-20-34-64)86(94-76)88(62-29-15-7-2-8-16-30-62)70-48-38-56-24-22-26-58-40-52-74(92-86)82(70)78(56)58/h21-26,35-54,61-66H,1-20,27-34H2/t65-,66-,85+,86+/m1/s1. The molecule has 4 aliphatic heterocycles. The van der Waals surface area contributed by atoms with Crippen LogP contribution in [-0.2, 0) is 0 Å². The van der Waals surface area contributed by atoms with Crippen LogP contribution in [0.4, 0.5) is 11.4 Å². The van der Waals surface area contributed by atoms with Crippen molar-refractivity contribution in [2.24, 2.45) is 0 Å². The second-order valence-electron chi connectivity index (χ2n) is 30.5. The maximum absolute atomic E-state index is 8.23. The molecular formula is C84H88B2N4O4. The van der Waals surface area contributed by atoms with Gasteiger partial charge in [0.1, 0.15) is 12.1 Å². The minimum atomic E-state index is -2.31. The van der Waals surface area contributed by atoms with Gasteiger partial charge in [-0.1, -0.05) is 200 Å². The smallest absolute Gasteiger partial charge is 0.601 e. The first kappa shape index (κ1) is 56.4. The minimum absolute atomic E-state index is 0.0769. The summed E-state index contributed by atoms with van der Waals surface area (Å²) < 4.78 is 38.2. The number of nitrogens with zero attached hydrogens (tertiary/aromatic N) is 4. The van der Waals surface area contributed by atoms with E-state index in [0.29, 0.717) is 0 Å². The van der Waals surface area contributed by atoms with Crippen molar-refractivity contribution in [3.8, 4) is 23.0 Å². The molecule has 474 valence electrons. The molecule has 20 rings (SSSR count). The van der Waals surface area contributed by atoms with Gasteiger partial charge in [0.15, 0.2) is 10.7 Å². The third kappa shape index (κ3) is 8.44. The van der Waals surface area contributed by atoms with Gasteiger partial charge >= 0.3 is 13.6 Å². The average Bonchev–Trinajstić information content (AvgIpc) is 0.696. The molecule has 0 saturated heterocycles. The van der Waals surface area contributed by atoms with Crippen LogP contribution in [0.3, 0.4) is 0 Å². The van der Waals surface area contributed by atoms with Gasteiger partial charge in [-0.15, -0.1) is 0 Å². The molecule has 94 heavy (non-hydrogen) atoms. The number of anilines is 2. The summed E-state index contributed by atoms with van der Waals surface area (Å²) in [6, 6.07) is 52.9. The van der Waals surface area contributed by atoms with E-state index in [9.17, 15) is 0 Å². The Morgan fingerprint density at radius 3 is 1.01 bits per heavy atom. The lowest BCUT2D eigenvalue weighted by Gasteiger charge is -2.55. The topological polar surface area (TPSA) is 49.4 Å². The second-order valence-corrected chi connectivity index (χ2v) is 30.5. The van der Waals surface area contributed by atoms with Crippen LogP contribution in [0.2, 0.25) is 0 Å². The lowest BCUT2D eigenvalue weighted by molar-refractivity contribution is 0.277. The monoisotopic (exact) mass is 1240 g/mol. The Labute approximate surface area is 553 Å². The molecule has 4 atom stereocenters. The highest BCUT2D eigenvalue weighted by Gasteiger charge is 2.64. The van der Waals surface area contributed by atoms with E-state index in [4.69, 9.17) is 18.6 Å². The fourth-order valence-corrected chi connectivity index (χ4v) is 21.2. The van der Waals surface area contributed by atoms with Gasteiger partial charge in [-0.3, -0.25) is 0 Å². The Bertz CT molecular complexity index is 4590. The maximum atomic E-state index is 8.23. The summed E-state index contributed by atoms with van der Waals surface area (Å²) in [5.74, 6) is 3.97. The quantitative estimate of drug-likeness (QED) is 0.160. The van der Waals surface area contributed by atoms with E-state index in [2.05, 4.69) is 176 Å². The largest absolute Gasteiger partial charge is 0.771 e. The number of benzene rings is 10. The van der Waals surface area contributed by atoms with Gasteiger partial charge in [0.25, 0.3) is 0 Å². The number of rotatable bonds is 5. The average molecular weight is 1240 g/mol. The van der Waals surface area contributed by atoms with Crippen molar-refractivity contribution in [3.63, 3.8) is 0 Å². The van der Waals surface area contributed by atoms with Crippen molar-refractivity contribution in [1.29, 1.82) is 0 Å². The summed E-state index contributed by atoms with van der Waals surface area (Å²) in [5.41, 5.74) is 7.87. The Morgan fingerprint density at radius 1 is 0.298 bits per heavy atom.